The van der Waals surface area contributed by atoms with E-state index in [0.29, 0.717) is 18.8 Å². The summed E-state index contributed by atoms with van der Waals surface area (Å²) in [5, 5.41) is 12.8. The quantitative estimate of drug-likeness (QED) is 0.697. The van der Waals surface area contributed by atoms with Gasteiger partial charge in [-0.1, -0.05) is 6.07 Å². The first-order valence-corrected chi connectivity index (χ1v) is 8.59. The number of aryl methyl sites for hydroxylation is 1. The Bertz CT molecular complexity index is 428. The lowest BCUT2D eigenvalue weighted by molar-refractivity contribution is 0.106. The molecule has 0 spiro atoms. The van der Waals surface area contributed by atoms with Gasteiger partial charge in [-0.05, 0) is 40.5 Å². The van der Waals surface area contributed by atoms with Gasteiger partial charge in [-0.25, -0.2) is 0 Å². The molecule has 0 aliphatic carbocycles. The van der Waals surface area contributed by atoms with Crippen LogP contribution in [0, 0.1) is 6.92 Å². The van der Waals surface area contributed by atoms with E-state index in [-0.39, 0.29) is 6.61 Å². The zero-order valence-corrected chi connectivity index (χ0v) is 13.6. The van der Waals surface area contributed by atoms with Crippen molar-refractivity contribution in [1.29, 1.82) is 0 Å². The monoisotopic (exact) mass is 349 g/mol. The van der Waals surface area contributed by atoms with E-state index in [1.54, 1.807) is 6.26 Å². The number of aliphatic hydroxyl groups excluding tert-OH is 1. The normalized spacial score (nSPS) is 14.1. The third-order valence-corrected chi connectivity index (χ3v) is 3.86. The number of ether oxygens (including phenoxy) is 1. The van der Waals surface area contributed by atoms with Crippen LogP contribution < -0.4 is 10.1 Å². The highest BCUT2D eigenvalue weighted by Crippen LogP contribution is 2.25. The summed E-state index contributed by atoms with van der Waals surface area (Å²) in [7, 11) is -0.801. The summed E-state index contributed by atoms with van der Waals surface area (Å²) >= 11 is 3.42. The smallest absolute Gasteiger partial charge is 0.133 e. The second kappa shape index (κ2) is 8.68. The Labute approximate surface area is 125 Å². The van der Waals surface area contributed by atoms with Crippen molar-refractivity contribution in [3.63, 3.8) is 0 Å². The third kappa shape index (κ3) is 7.06. The first-order valence-electron chi connectivity index (χ1n) is 6.07. The Morgan fingerprint density at radius 2 is 2.26 bits per heavy atom. The molecule has 0 aliphatic heterocycles. The lowest BCUT2D eigenvalue weighted by Gasteiger charge is -2.14. The van der Waals surface area contributed by atoms with Crippen molar-refractivity contribution in [2.45, 2.75) is 13.0 Å². The van der Waals surface area contributed by atoms with Crippen LogP contribution >= 0.6 is 15.9 Å². The van der Waals surface area contributed by atoms with Crippen LogP contribution in [0.3, 0.4) is 0 Å². The number of nitrogens with one attached hydrogen (secondary N) is 1. The Morgan fingerprint density at radius 1 is 1.53 bits per heavy atom. The van der Waals surface area contributed by atoms with Crippen molar-refractivity contribution < 1.29 is 14.1 Å². The zero-order chi connectivity index (χ0) is 14.3. The van der Waals surface area contributed by atoms with Crippen LogP contribution in [0.15, 0.2) is 22.7 Å². The van der Waals surface area contributed by atoms with E-state index < -0.39 is 16.9 Å². The second-order valence-corrected chi connectivity index (χ2v) is 6.79. The summed E-state index contributed by atoms with van der Waals surface area (Å²) in [5.74, 6) is 1.32. The van der Waals surface area contributed by atoms with Crippen LogP contribution in [0.2, 0.25) is 0 Å². The molecular weight excluding hydrogens is 330 g/mol. The maximum atomic E-state index is 10.8. The molecular formula is C13H20BrNO3S. The number of halogens is 1. The van der Waals surface area contributed by atoms with Gasteiger partial charge in [0.1, 0.15) is 18.5 Å². The van der Waals surface area contributed by atoms with Crippen molar-refractivity contribution in [2.75, 3.05) is 31.7 Å². The van der Waals surface area contributed by atoms with E-state index in [2.05, 4.69) is 21.2 Å². The summed E-state index contributed by atoms with van der Waals surface area (Å²) < 4.78 is 17.3. The van der Waals surface area contributed by atoms with Crippen LogP contribution in [0.4, 0.5) is 0 Å². The highest BCUT2D eigenvalue weighted by atomic mass is 79.9. The molecule has 4 nitrogen and oxygen atoms in total. The fraction of sp³-hybridized carbons (Fsp3) is 0.538. The van der Waals surface area contributed by atoms with Gasteiger partial charge >= 0.3 is 0 Å². The Kier molecular flexibility index (Phi) is 7.60. The molecule has 19 heavy (non-hydrogen) atoms. The van der Waals surface area contributed by atoms with Gasteiger partial charge in [-0.15, -0.1) is 0 Å². The van der Waals surface area contributed by atoms with Gasteiger partial charge in [-0.3, -0.25) is 4.21 Å². The summed E-state index contributed by atoms with van der Waals surface area (Å²) in [6.07, 6.45) is 1.08. The molecule has 0 saturated heterocycles. The molecule has 0 aliphatic rings. The fourth-order valence-electron chi connectivity index (χ4n) is 1.45. The van der Waals surface area contributed by atoms with E-state index in [1.165, 1.54) is 0 Å². The van der Waals surface area contributed by atoms with Crippen molar-refractivity contribution in [2.24, 2.45) is 0 Å². The van der Waals surface area contributed by atoms with E-state index in [1.807, 2.05) is 25.1 Å². The third-order valence-electron chi connectivity index (χ3n) is 2.46. The average molecular weight is 350 g/mol. The molecule has 0 saturated carbocycles. The average Bonchev–Trinajstić information content (AvgIpc) is 2.33. The minimum atomic E-state index is -0.801. The number of hydrogen-bond donors (Lipinski definition) is 2. The highest BCUT2D eigenvalue weighted by molar-refractivity contribution is 9.10. The van der Waals surface area contributed by atoms with Crippen LogP contribution in [0.25, 0.3) is 0 Å². The van der Waals surface area contributed by atoms with Gasteiger partial charge in [0.05, 0.1) is 4.47 Å². The summed E-state index contributed by atoms with van der Waals surface area (Å²) in [6.45, 7) is 3.30. The molecule has 0 radical (unpaired) electrons. The first kappa shape index (κ1) is 16.6. The van der Waals surface area contributed by atoms with Gasteiger partial charge in [0.25, 0.3) is 0 Å². The number of aliphatic hydroxyl groups is 1. The van der Waals surface area contributed by atoms with E-state index >= 15 is 0 Å². The first-order chi connectivity index (χ1) is 8.99. The molecule has 0 heterocycles. The van der Waals surface area contributed by atoms with Crippen molar-refractivity contribution in [3.05, 3.63) is 28.2 Å². The van der Waals surface area contributed by atoms with Gasteiger partial charge in [-0.2, -0.15) is 0 Å². The molecule has 1 aromatic rings. The fourth-order valence-corrected chi connectivity index (χ4v) is 2.49. The van der Waals surface area contributed by atoms with Crippen LogP contribution in [-0.4, -0.2) is 47.1 Å². The van der Waals surface area contributed by atoms with Gasteiger partial charge in [0, 0.05) is 35.9 Å². The number of rotatable bonds is 8. The van der Waals surface area contributed by atoms with Gasteiger partial charge < -0.3 is 15.2 Å². The van der Waals surface area contributed by atoms with Crippen LogP contribution in [0.1, 0.15) is 5.56 Å². The second-order valence-electron chi connectivity index (χ2n) is 4.38. The SMILES string of the molecule is Cc1ccc(OCC(O)CNCCS(C)=O)c(Br)c1. The van der Waals surface area contributed by atoms with Gasteiger partial charge in [0.15, 0.2) is 0 Å². The Morgan fingerprint density at radius 3 is 2.89 bits per heavy atom. The Balaban J connectivity index is 2.26. The number of benzene rings is 1. The molecule has 2 N–H and O–H groups in total. The highest BCUT2D eigenvalue weighted by Gasteiger charge is 2.07. The predicted molar refractivity (Wildman–Crippen MR) is 82.2 cm³/mol. The molecule has 108 valence electrons. The number of hydrogen-bond acceptors (Lipinski definition) is 4. The van der Waals surface area contributed by atoms with Crippen LogP contribution in [-0.2, 0) is 10.8 Å². The minimum absolute atomic E-state index is 0.226. The lowest BCUT2D eigenvalue weighted by atomic mass is 10.2. The lowest BCUT2D eigenvalue weighted by Crippen LogP contribution is -2.33. The molecule has 1 aromatic carbocycles. The van der Waals surface area contributed by atoms with Crippen molar-refractivity contribution in [3.8, 4) is 5.75 Å². The molecule has 1 rings (SSSR count). The topological polar surface area (TPSA) is 58.6 Å². The Hall–Kier alpha value is -0.430. The molecule has 2 unspecified atom stereocenters. The standard InChI is InChI=1S/C13H20BrNO3S/c1-10-3-4-13(12(14)7-10)18-9-11(16)8-15-5-6-19(2)17/h3-4,7,11,15-16H,5-6,8-9H2,1-2H3. The van der Waals surface area contributed by atoms with E-state index in [0.717, 1.165) is 15.8 Å². The largest absolute Gasteiger partial charge is 0.490 e. The molecule has 6 heteroatoms. The summed E-state index contributed by atoms with van der Waals surface area (Å²) in [6, 6.07) is 5.80. The van der Waals surface area contributed by atoms with Crippen molar-refractivity contribution in [1.82, 2.24) is 5.32 Å². The maximum absolute atomic E-state index is 10.8. The molecule has 0 amide bonds. The maximum Gasteiger partial charge on any atom is 0.133 e. The summed E-state index contributed by atoms with van der Waals surface area (Å²) in [4.78, 5) is 0. The van der Waals surface area contributed by atoms with E-state index in [9.17, 15) is 9.32 Å². The van der Waals surface area contributed by atoms with Crippen molar-refractivity contribution >= 4 is 26.7 Å². The zero-order valence-electron chi connectivity index (χ0n) is 11.2. The molecule has 0 fully saturated rings. The van der Waals surface area contributed by atoms with Gasteiger partial charge in [0.2, 0.25) is 0 Å². The molecule has 0 aromatic heterocycles. The molecule has 0 bridgehead atoms. The van der Waals surface area contributed by atoms with Crippen LogP contribution in [0.5, 0.6) is 5.75 Å². The molecule has 2 atom stereocenters. The van der Waals surface area contributed by atoms with E-state index in [4.69, 9.17) is 4.74 Å². The predicted octanol–water partition coefficient (Wildman–Crippen LogP) is 1.47. The summed E-state index contributed by atoms with van der Waals surface area (Å²) in [5.41, 5.74) is 1.15. The minimum Gasteiger partial charge on any atom is -0.490 e.